The first-order valence-corrected chi connectivity index (χ1v) is 10.9. The van der Waals surface area contributed by atoms with Crippen LogP contribution in [0.25, 0.3) is 22.7 Å². The minimum atomic E-state index is -3.74. The molecule has 4 aromatic rings. The molecule has 0 unspecified atom stereocenters. The number of anilines is 1. The molecule has 1 aromatic heterocycles. The van der Waals surface area contributed by atoms with E-state index in [0.29, 0.717) is 35.2 Å². The van der Waals surface area contributed by atoms with Crippen LogP contribution in [0, 0.1) is 0 Å². The Hall–Kier alpha value is -3.58. The van der Waals surface area contributed by atoms with Crippen molar-refractivity contribution in [3.63, 3.8) is 0 Å². The Kier molecular flexibility index (Phi) is 5.54. The first-order chi connectivity index (χ1) is 14.5. The molecule has 152 valence electrons. The minimum absolute atomic E-state index is 0.152. The fourth-order valence-electron chi connectivity index (χ4n) is 2.96. The molecule has 0 radical (unpaired) electrons. The standard InChI is InChI=1S/C23H20N2O4S/c1-2-28-20-11-13-21(14-12-20)30(26,27)25-19-10-6-9-18(15-19)23-24-22(16-29-23)17-7-4-3-5-8-17/h3-16,25H,2H2,1H3. The molecule has 0 fully saturated rings. The van der Waals surface area contributed by atoms with Crippen molar-refractivity contribution >= 4 is 15.7 Å². The molecule has 0 saturated heterocycles. The van der Waals surface area contributed by atoms with Crippen LogP contribution in [0.1, 0.15) is 6.92 Å². The molecule has 6 nitrogen and oxygen atoms in total. The van der Waals surface area contributed by atoms with Gasteiger partial charge in [-0.1, -0.05) is 36.4 Å². The van der Waals surface area contributed by atoms with Crippen molar-refractivity contribution in [2.24, 2.45) is 0 Å². The van der Waals surface area contributed by atoms with Gasteiger partial charge < -0.3 is 9.15 Å². The number of hydrogen-bond acceptors (Lipinski definition) is 5. The van der Waals surface area contributed by atoms with E-state index in [0.717, 1.165) is 5.56 Å². The number of ether oxygens (including phenoxy) is 1. The maximum atomic E-state index is 12.7. The Labute approximate surface area is 175 Å². The Morgan fingerprint density at radius 3 is 2.40 bits per heavy atom. The van der Waals surface area contributed by atoms with E-state index in [2.05, 4.69) is 9.71 Å². The Morgan fingerprint density at radius 2 is 1.67 bits per heavy atom. The van der Waals surface area contributed by atoms with Crippen molar-refractivity contribution in [3.05, 3.63) is 85.1 Å². The largest absolute Gasteiger partial charge is 0.494 e. The topological polar surface area (TPSA) is 81.4 Å². The van der Waals surface area contributed by atoms with Crippen LogP contribution in [0.3, 0.4) is 0 Å². The van der Waals surface area contributed by atoms with E-state index >= 15 is 0 Å². The van der Waals surface area contributed by atoms with Gasteiger partial charge in [-0.05, 0) is 49.4 Å². The van der Waals surface area contributed by atoms with Crippen LogP contribution in [0.15, 0.2) is 94.4 Å². The lowest BCUT2D eigenvalue weighted by atomic mass is 10.2. The summed E-state index contributed by atoms with van der Waals surface area (Å²) >= 11 is 0. The molecule has 4 rings (SSSR count). The highest BCUT2D eigenvalue weighted by atomic mass is 32.2. The van der Waals surface area contributed by atoms with Crippen LogP contribution in [0.4, 0.5) is 5.69 Å². The average Bonchev–Trinajstić information content (AvgIpc) is 3.25. The summed E-state index contributed by atoms with van der Waals surface area (Å²) < 4.78 is 39.0. The molecule has 7 heteroatoms. The number of nitrogens with zero attached hydrogens (tertiary/aromatic N) is 1. The van der Waals surface area contributed by atoms with Gasteiger partial charge in [-0.2, -0.15) is 0 Å². The monoisotopic (exact) mass is 420 g/mol. The van der Waals surface area contributed by atoms with Gasteiger partial charge in [0.25, 0.3) is 10.0 Å². The average molecular weight is 420 g/mol. The van der Waals surface area contributed by atoms with Crippen molar-refractivity contribution < 1.29 is 17.6 Å². The molecular weight excluding hydrogens is 400 g/mol. The van der Waals surface area contributed by atoms with Crippen LogP contribution in [-0.4, -0.2) is 20.0 Å². The zero-order valence-corrected chi connectivity index (χ0v) is 17.1. The smallest absolute Gasteiger partial charge is 0.261 e. The number of aromatic nitrogens is 1. The zero-order chi connectivity index (χ0) is 21.0. The summed E-state index contributed by atoms with van der Waals surface area (Å²) in [4.78, 5) is 4.67. The molecule has 0 spiro atoms. The molecule has 30 heavy (non-hydrogen) atoms. The molecular formula is C23H20N2O4S. The van der Waals surface area contributed by atoms with Gasteiger partial charge in [-0.15, -0.1) is 0 Å². The fourth-order valence-corrected chi connectivity index (χ4v) is 4.01. The predicted molar refractivity (Wildman–Crippen MR) is 116 cm³/mol. The third kappa shape index (κ3) is 4.36. The fraction of sp³-hybridized carbons (Fsp3) is 0.0870. The number of nitrogens with one attached hydrogen (secondary N) is 1. The lowest BCUT2D eigenvalue weighted by Crippen LogP contribution is -2.12. The van der Waals surface area contributed by atoms with Gasteiger partial charge in [0.2, 0.25) is 5.89 Å². The van der Waals surface area contributed by atoms with E-state index < -0.39 is 10.0 Å². The predicted octanol–water partition coefficient (Wildman–Crippen LogP) is 5.21. The number of hydrogen-bond donors (Lipinski definition) is 1. The Bertz CT molecular complexity index is 1230. The summed E-state index contributed by atoms with van der Waals surface area (Å²) in [6.45, 7) is 2.39. The lowest BCUT2D eigenvalue weighted by Gasteiger charge is -2.10. The van der Waals surface area contributed by atoms with Crippen molar-refractivity contribution in [1.29, 1.82) is 0 Å². The molecule has 0 amide bonds. The minimum Gasteiger partial charge on any atom is -0.494 e. The summed E-state index contributed by atoms with van der Waals surface area (Å²) in [5, 5.41) is 0. The Balaban J connectivity index is 1.56. The number of rotatable bonds is 7. The molecule has 1 heterocycles. The molecule has 0 aliphatic rings. The number of benzene rings is 3. The van der Waals surface area contributed by atoms with E-state index in [1.807, 2.05) is 43.3 Å². The van der Waals surface area contributed by atoms with E-state index in [-0.39, 0.29) is 4.90 Å². The highest BCUT2D eigenvalue weighted by molar-refractivity contribution is 7.92. The van der Waals surface area contributed by atoms with Crippen LogP contribution >= 0.6 is 0 Å². The molecule has 1 N–H and O–H groups in total. The summed E-state index contributed by atoms with van der Waals surface area (Å²) in [7, 11) is -3.74. The van der Waals surface area contributed by atoms with Crippen molar-refractivity contribution in [1.82, 2.24) is 4.98 Å². The van der Waals surface area contributed by atoms with Crippen LogP contribution in [0.5, 0.6) is 5.75 Å². The van der Waals surface area contributed by atoms with Gasteiger partial charge >= 0.3 is 0 Å². The van der Waals surface area contributed by atoms with E-state index in [1.54, 1.807) is 36.6 Å². The van der Waals surface area contributed by atoms with Crippen molar-refractivity contribution in [2.75, 3.05) is 11.3 Å². The molecule has 0 aliphatic heterocycles. The quantitative estimate of drug-likeness (QED) is 0.444. The lowest BCUT2D eigenvalue weighted by molar-refractivity contribution is 0.340. The van der Waals surface area contributed by atoms with E-state index in [1.165, 1.54) is 12.1 Å². The van der Waals surface area contributed by atoms with Gasteiger partial charge in [0.15, 0.2) is 0 Å². The molecule has 0 atom stereocenters. The highest BCUT2D eigenvalue weighted by Crippen LogP contribution is 2.27. The van der Waals surface area contributed by atoms with Gasteiger partial charge in [0, 0.05) is 16.8 Å². The van der Waals surface area contributed by atoms with Crippen LogP contribution in [0.2, 0.25) is 0 Å². The SMILES string of the molecule is CCOc1ccc(S(=O)(=O)Nc2cccc(-c3nc(-c4ccccc4)co3)c2)cc1. The summed E-state index contributed by atoms with van der Waals surface area (Å²) in [6.07, 6.45) is 1.58. The Morgan fingerprint density at radius 1 is 0.933 bits per heavy atom. The molecule has 0 bridgehead atoms. The van der Waals surface area contributed by atoms with Gasteiger partial charge in [0.1, 0.15) is 17.7 Å². The van der Waals surface area contributed by atoms with E-state index in [4.69, 9.17) is 9.15 Å². The van der Waals surface area contributed by atoms with Crippen LogP contribution < -0.4 is 9.46 Å². The molecule has 0 aliphatic carbocycles. The maximum Gasteiger partial charge on any atom is 0.261 e. The number of sulfonamides is 1. The van der Waals surface area contributed by atoms with E-state index in [9.17, 15) is 8.42 Å². The zero-order valence-electron chi connectivity index (χ0n) is 16.3. The van der Waals surface area contributed by atoms with Crippen molar-refractivity contribution in [2.45, 2.75) is 11.8 Å². The summed E-state index contributed by atoms with van der Waals surface area (Å²) in [5.74, 6) is 1.03. The summed E-state index contributed by atoms with van der Waals surface area (Å²) in [5.41, 5.74) is 2.75. The third-order valence-corrected chi connectivity index (χ3v) is 5.78. The molecule has 0 saturated carbocycles. The molecule has 3 aromatic carbocycles. The second kappa shape index (κ2) is 8.42. The second-order valence-corrected chi connectivity index (χ2v) is 8.18. The van der Waals surface area contributed by atoms with Crippen molar-refractivity contribution in [3.8, 4) is 28.5 Å². The van der Waals surface area contributed by atoms with Crippen LogP contribution in [-0.2, 0) is 10.0 Å². The van der Waals surface area contributed by atoms with Gasteiger partial charge in [-0.25, -0.2) is 13.4 Å². The second-order valence-electron chi connectivity index (χ2n) is 6.49. The maximum absolute atomic E-state index is 12.7. The highest BCUT2D eigenvalue weighted by Gasteiger charge is 2.15. The third-order valence-electron chi connectivity index (χ3n) is 4.38. The van der Waals surface area contributed by atoms with Gasteiger partial charge in [0.05, 0.1) is 11.5 Å². The first kappa shape index (κ1) is 19.7. The number of oxazole rings is 1. The van der Waals surface area contributed by atoms with Gasteiger partial charge in [-0.3, -0.25) is 4.72 Å². The normalized spacial score (nSPS) is 11.2. The first-order valence-electron chi connectivity index (χ1n) is 9.42. The summed E-state index contributed by atoms with van der Waals surface area (Å²) in [6, 6.07) is 22.9.